The number of aromatic nitrogens is 1. The van der Waals surface area contributed by atoms with Gasteiger partial charge >= 0.3 is 11.7 Å². The van der Waals surface area contributed by atoms with Crippen LogP contribution in [-0.2, 0) is 17.7 Å². The van der Waals surface area contributed by atoms with Gasteiger partial charge in [0, 0.05) is 6.54 Å². The van der Waals surface area contributed by atoms with E-state index in [4.69, 9.17) is 9.15 Å². The van der Waals surface area contributed by atoms with E-state index in [1.807, 2.05) is 24.3 Å². The third-order valence-electron chi connectivity index (χ3n) is 4.22. The number of benzene rings is 2. The molecule has 0 amide bonds. The zero-order valence-corrected chi connectivity index (χ0v) is 14.9. The number of fused-ring (bicyclic) bond motifs is 1. The topological polar surface area (TPSA) is 70.7 Å². The lowest BCUT2D eigenvalue weighted by molar-refractivity contribution is 0.0600. The van der Waals surface area contributed by atoms with Gasteiger partial charge in [0.1, 0.15) is 5.75 Å². The first-order valence-corrected chi connectivity index (χ1v) is 8.56. The zero-order valence-electron chi connectivity index (χ0n) is 14.9. The second-order valence-corrected chi connectivity index (χ2v) is 5.89. The van der Waals surface area contributed by atoms with Crippen molar-refractivity contribution in [2.24, 2.45) is 0 Å². The van der Waals surface area contributed by atoms with Crippen LogP contribution in [0.3, 0.4) is 0 Å². The molecule has 0 bridgehead atoms. The van der Waals surface area contributed by atoms with Crippen LogP contribution >= 0.6 is 0 Å². The Labute approximate surface area is 150 Å². The molecule has 6 nitrogen and oxygen atoms in total. The van der Waals surface area contributed by atoms with Crippen molar-refractivity contribution in [2.45, 2.75) is 26.3 Å². The molecule has 0 saturated heterocycles. The lowest BCUT2D eigenvalue weighted by Gasteiger charge is -2.07. The van der Waals surface area contributed by atoms with E-state index in [9.17, 15) is 9.59 Å². The highest BCUT2D eigenvalue weighted by Crippen LogP contribution is 2.17. The molecule has 0 radical (unpaired) electrons. The number of nitrogens with zero attached hydrogens (tertiary/aromatic N) is 1. The van der Waals surface area contributed by atoms with Gasteiger partial charge in [-0.15, -0.1) is 0 Å². The number of rotatable bonds is 7. The van der Waals surface area contributed by atoms with Gasteiger partial charge in [0.25, 0.3) is 0 Å². The molecule has 3 aromatic rings. The minimum atomic E-state index is -0.468. The van der Waals surface area contributed by atoms with Crippen molar-refractivity contribution in [1.82, 2.24) is 4.57 Å². The van der Waals surface area contributed by atoms with Crippen molar-refractivity contribution in [1.29, 1.82) is 0 Å². The summed E-state index contributed by atoms with van der Waals surface area (Å²) in [4.78, 5) is 23.6. The number of methoxy groups -OCH3 is 1. The first-order chi connectivity index (χ1) is 12.6. The molecule has 1 heterocycles. The third kappa shape index (κ3) is 3.79. The van der Waals surface area contributed by atoms with Gasteiger partial charge in [0.15, 0.2) is 5.58 Å². The molecule has 26 heavy (non-hydrogen) atoms. The molecule has 0 fully saturated rings. The Kier molecular flexibility index (Phi) is 5.41. The van der Waals surface area contributed by atoms with E-state index in [1.165, 1.54) is 18.7 Å². The molecule has 1 aromatic heterocycles. The Bertz CT molecular complexity index is 952. The molecule has 0 aliphatic heterocycles. The van der Waals surface area contributed by atoms with Crippen molar-refractivity contribution in [3.63, 3.8) is 0 Å². The predicted octanol–water partition coefficient (Wildman–Crippen LogP) is 3.41. The van der Waals surface area contributed by atoms with Gasteiger partial charge in [-0.3, -0.25) is 4.57 Å². The van der Waals surface area contributed by atoms with Crippen LogP contribution in [0, 0.1) is 0 Å². The maximum atomic E-state index is 12.1. The average Bonchev–Trinajstić information content (AvgIpc) is 2.99. The van der Waals surface area contributed by atoms with Gasteiger partial charge in [0.05, 0.1) is 24.8 Å². The Morgan fingerprint density at radius 2 is 1.92 bits per heavy atom. The Hall–Kier alpha value is -3.02. The second-order valence-electron chi connectivity index (χ2n) is 5.89. The summed E-state index contributed by atoms with van der Waals surface area (Å²) in [5.74, 6) is -0.103. The SMILES string of the molecule is CCc1ccc(OCCCn2c(=O)oc3cc(C(=O)OC)ccc32)cc1. The second kappa shape index (κ2) is 7.91. The fourth-order valence-electron chi connectivity index (χ4n) is 2.76. The zero-order chi connectivity index (χ0) is 18.5. The van der Waals surface area contributed by atoms with Crippen molar-refractivity contribution in [2.75, 3.05) is 13.7 Å². The summed E-state index contributed by atoms with van der Waals surface area (Å²) >= 11 is 0. The molecule has 0 spiro atoms. The number of ether oxygens (including phenoxy) is 2. The fraction of sp³-hybridized carbons (Fsp3) is 0.300. The highest BCUT2D eigenvalue weighted by atomic mass is 16.5. The molecular formula is C20H21NO5. The Morgan fingerprint density at radius 3 is 2.62 bits per heavy atom. The van der Waals surface area contributed by atoms with Crippen LogP contribution in [-0.4, -0.2) is 24.3 Å². The van der Waals surface area contributed by atoms with Gasteiger partial charge in [-0.2, -0.15) is 0 Å². The summed E-state index contributed by atoms with van der Waals surface area (Å²) in [7, 11) is 1.31. The molecule has 6 heteroatoms. The molecule has 0 atom stereocenters. The highest BCUT2D eigenvalue weighted by molar-refractivity contribution is 5.93. The van der Waals surface area contributed by atoms with Gasteiger partial charge in [-0.25, -0.2) is 9.59 Å². The molecule has 0 N–H and O–H groups in total. The fourth-order valence-corrected chi connectivity index (χ4v) is 2.76. The summed E-state index contributed by atoms with van der Waals surface area (Å²) in [5, 5.41) is 0. The van der Waals surface area contributed by atoms with Crippen LogP contribution < -0.4 is 10.5 Å². The molecule has 0 aliphatic carbocycles. The standard InChI is InChI=1S/C20H21NO5/c1-3-14-5-8-16(9-6-14)25-12-4-11-21-17-10-7-15(19(22)24-2)13-18(17)26-20(21)23/h5-10,13H,3-4,11-12H2,1-2H3. The van der Waals surface area contributed by atoms with Gasteiger partial charge < -0.3 is 13.9 Å². The normalized spacial score (nSPS) is 10.8. The molecule has 0 saturated carbocycles. The number of carbonyl (C=O) groups is 1. The Balaban J connectivity index is 1.64. The van der Waals surface area contributed by atoms with E-state index in [-0.39, 0.29) is 0 Å². The summed E-state index contributed by atoms with van der Waals surface area (Å²) in [6.45, 7) is 3.07. The molecule has 2 aromatic carbocycles. The summed E-state index contributed by atoms with van der Waals surface area (Å²) in [6, 6.07) is 12.8. The first-order valence-electron chi connectivity index (χ1n) is 8.56. The Morgan fingerprint density at radius 1 is 1.15 bits per heavy atom. The number of carbonyl (C=O) groups excluding carboxylic acids is 1. The van der Waals surface area contributed by atoms with E-state index < -0.39 is 11.7 Å². The molecule has 136 valence electrons. The smallest absolute Gasteiger partial charge is 0.419 e. The van der Waals surface area contributed by atoms with Crippen LogP contribution in [0.25, 0.3) is 11.1 Å². The van der Waals surface area contributed by atoms with Crippen molar-refractivity contribution in [3.05, 3.63) is 64.1 Å². The van der Waals surface area contributed by atoms with Crippen LogP contribution in [0.1, 0.15) is 29.3 Å². The van der Waals surface area contributed by atoms with Crippen LogP contribution in [0.15, 0.2) is 51.7 Å². The molecular weight excluding hydrogens is 334 g/mol. The van der Waals surface area contributed by atoms with E-state index in [1.54, 1.807) is 16.7 Å². The largest absolute Gasteiger partial charge is 0.494 e. The number of oxazole rings is 1. The summed E-state index contributed by atoms with van der Waals surface area (Å²) in [6.07, 6.45) is 1.65. The lowest BCUT2D eigenvalue weighted by Crippen LogP contribution is -2.15. The molecule has 3 rings (SSSR count). The van der Waals surface area contributed by atoms with E-state index in [0.29, 0.717) is 36.2 Å². The number of hydrogen-bond acceptors (Lipinski definition) is 5. The van der Waals surface area contributed by atoms with Gasteiger partial charge in [0.2, 0.25) is 0 Å². The maximum Gasteiger partial charge on any atom is 0.419 e. The van der Waals surface area contributed by atoms with E-state index in [0.717, 1.165) is 12.2 Å². The maximum absolute atomic E-state index is 12.1. The monoisotopic (exact) mass is 355 g/mol. The van der Waals surface area contributed by atoms with Crippen LogP contribution in [0.5, 0.6) is 5.75 Å². The lowest BCUT2D eigenvalue weighted by atomic mass is 10.2. The first kappa shape index (κ1) is 17.8. The van der Waals surface area contributed by atoms with E-state index >= 15 is 0 Å². The quantitative estimate of drug-likeness (QED) is 0.480. The predicted molar refractivity (Wildman–Crippen MR) is 97.7 cm³/mol. The van der Waals surface area contributed by atoms with E-state index in [2.05, 4.69) is 11.7 Å². The number of aryl methyl sites for hydroxylation is 2. The molecule has 0 unspecified atom stereocenters. The van der Waals surface area contributed by atoms with Gasteiger partial charge in [-0.1, -0.05) is 19.1 Å². The minimum Gasteiger partial charge on any atom is -0.494 e. The number of esters is 1. The van der Waals surface area contributed by atoms with Crippen molar-refractivity contribution >= 4 is 17.1 Å². The summed E-state index contributed by atoms with van der Waals surface area (Å²) < 4.78 is 17.2. The average molecular weight is 355 g/mol. The van der Waals surface area contributed by atoms with Crippen molar-refractivity contribution < 1.29 is 18.7 Å². The highest BCUT2D eigenvalue weighted by Gasteiger charge is 2.13. The minimum absolute atomic E-state index is 0.347. The van der Waals surface area contributed by atoms with Gasteiger partial charge in [-0.05, 0) is 48.7 Å². The molecule has 0 aliphatic rings. The van der Waals surface area contributed by atoms with Crippen LogP contribution in [0.4, 0.5) is 0 Å². The third-order valence-corrected chi connectivity index (χ3v) is 4.22. The number of hydrogen-bond donors (Lipinski definition) is 0. The van der Waals surface area contributed by atoms with Crippen LogP contribution in [0.2, 0.25) is 0 Å². The van der Waals surface area contributed by atoms with Crippen molar-refractivity contribution in [3.8, 4) is 5.75 Å². The summed E-state index contributed by atoms with van der Waals surface area (Å²) in [5.41, 5.74) is 2.63.